The summed E-state index contributed by atoms with van der Waals surface area (Å²) >= 11 is 1.32. The average molecular weight is 224 g/mol. The summed E-state index contributed by atoms with van der Waals surface area (Å²) in [4.78, 5) is 13.9. The van der Waals surface area contributed by atoms with Gasteiger partial charge in [-0.15, -0.1) is 10.2 Å². The first-order chi connectivity index (χ1) is 7.34. The molecular weight excluding hydrogens is 212 g/mol. The van der Waals surface area contributed by atoms with Crippen molar-refractivity contribution >= 4 is 17.2 Å². The van der Waals surface area contributed by atoms with Crippen LogP contribution in [0.15, 0.2) is 5.51 Å². The zero-order valence-electron chi connectivity index (χ0n) is 8.22. The number of hydrogen-bond donors (Lipinski definition) is 1. The molecule has 0 aromatic carbocycles. The van der Waals surface area contributed by atoms with Gasteiger partial charge in [-0.2, -0.15) is 0 Å². The summed E-state index contributed by atoms with van der Waals surface area (Å²) in [6, 6.07) is 0. The smallest absolute Gasteiger partial charge is 0.284 e. The summed E-state index contributed by atoms with van der Waals surface area (Å²) in [5.41, 5.74) is 1.60. The highest BCUT2D eigenvalue weighted by Gasteiger charge is 2.38. The molecule has 80 valence electrons. The number of amides is 1. The number of likely N-dealkylation sites (tertiary alicyclic amines) is 1. The van der Waals surface area contributed by atoms with E-state index < -0.39 is 0 Å². The van der Waals surface area contributed by atoms with Gasteiger partial charge in [-0.05, 0) is 11.8 Å². The van der Waals surface area contributed by atoms with Gasteiger partial charge in [0.15, 0.2) is 0 Å². The fraction of sp³-hybridized carbons (Fsp3) is 0.667. The van der Waals surface area contributed by atoms with E-state index in [9.17, 15) is 4.79 Å². The summed E-state index contributed by atoms with van der Waals surface area (Å²) in [7, 11) is 0. The molecule has 2 aliphatic rings. The minimum absolute atomic E-state index is 0.0481. The summed E-state index contributed by atoms with van der Waals surface area (Å²) in [5, 5.41) is 11.4. The number of nitrogens with zero attached hydrogens (tertiary/aromatic N) is 3. The van der Waals surface area contributed by atoms with Gasteiger partial charge >= 0.3 is 0 Å². The summed E-state index contributed by atoms with van der Waals surface area (Å²) in [6.07, 6.45) is 0. The molecule has 3 rings (SSSR count). The van der Waals surface area contributed by atoms with E-state index in [4.69, 9.17) is 0 Å². The summed E-state index contributed by atoms with van der Waals surface area (Å²) in [6.45, 7) is 3.83. The van der Waals surface area contributed by atoms with E-state index in [2.05, 4.69) is 15.5 Å². The second kappa shape index (κ2) is 3.53. The van der Waals surface area contributed by atoms with Gasteiger partial charge < -0.3 is 10.2 Å². The lowest BCUT2D eigenvalue weighted by molar-refractivity contribution is 0.0780. The fourth-order valence-corrected chi connectivity index (χ4v) is 2.94. The molecule has 2 aliphatic heterocycles. The van der Waals surface area contributed by atoms with Crippen LogP contribution in [0.2, 0.25) is 0 Å². The zero-order chi connectivity index (χ0) is 10.3. The van der Waals surface area contributed by atoms with Crippen LogP contribution in [-0.4, -0.2) is 47.2 Å². The van der Waals surface area contributed by atoms with Crippen LogP contribution in [0.4, 0.5) is 0 Å². The predicted octanol–water partition coefficient (Wildman–Crippen LogP) is -0.171. The van der Waals surface area contributed by atoms with Crippen molar-refractivity contribution in [3.05, 3.63) is 10.5 Å². The Balaban J connectivity index is 1.72. The number of aromatic nitrogens is 2. The molecule has 0 bridgehead atoms. The zero-order valence-corrected chi connectivity index (χ0v) is 9.04. The maximum Gasteiger partial charge on any atom is 0.284 e. The maximum atomic E-state index is 12.0. The van der Waals surface area contributed by atoms with E-state index in [1.54, 1.807) is 5.51 Å². The van der Waals surface area contributed by atoms with Crippen LogP contribution in [0.1, 0.15) is 9.80 Å². The minimum Gasteiger partial charge on any atom is -0.336 e. The Morgan fingerprint density at radius 2 is 2.20 bits per heavy atom. The van der Waals surface area contributed by atoms with Gasteiger partial charge in [0.2, 0.25) is 5.01 Å². The Morgan fingerprint density at radius 3 is 2.80 bits per heavy atom. The van der Waals surface area contributed by atoms with Gasteiger partial charge in [-0.1, -0.05) is 11.3 Å². The Morgan fingerprint density at radius 1 is 1.47 bits per heavy atom. The van der Waals surface area contributed by atoms with Crippen molar-refractivity contribution in [3.8, 4) is 0 Å². The monoisotopic (exact) mass is 224 g/mol. The third-order valence-corrected chi connectivity index (χ3v) is 3.90. The van der Waals surface area contributed by atoms with E-state index in [1.165, 1.54) is 11.3 Å². The van der Waals surface area contributed by atoms with Crippen LogP contribution in [0.25, 0.3) is 0 Å². The minimum atomic E-state index is 0.0481. The van der Waals surface area contributed by atoms with Crippen LogP contribution in [0, 0.1) is 11.8 Å². The SMILES string of the molecule is O=C(c1nncs1)N1CC2CNCC2C1. The molecule has 1 aromatic heterocycles. The highest BCUT2D eigenvalue weighted by atomic mass is 32.1. The quantitative estimate of drug-likeness (QED) is 0.719. The average Bonchev–Trinajstić information content (AvgIpc) is 2.92. The molecule has 1 amide bonds. The predicted molar refractivity (Wildman–Crippen MR) is 55.7 cm³/mol. The van der Waals surface area contributed by atoms with Gasteiger partial charge in [0.05, 0.1) is 0 Å². The number of hydrogen-bond acceptors (Lipinski definition) is 5. The van der Waals surface area contributed by atoms with E-state index in [0.717, 1.165) is 26.2 Å². The first kappa shape index (κ1) is 9.23. The molecule has 3 heterocycles. The first-order valence-corrected chi connectivity index (χ1v) is 5.98. The third-order valence-electron chi connectivity index (χ3n) is 3.22. The second-order valence-corrected chi connectivity index (χ2v) is 4.97. The van der Waals surface area contributed by atoms with Crippen LogP contribution < -0.4 is 5.32 Å². The molecule has 2 saturated heterocycles. The van der Waals surface area contributed by atoms with Crippen LogP contribution in [-0.2, 0) is 0 Å². The molecule has 6 heteroatoms. The fourth-order valence-electron chi connectivity index (χ4n) is 2.42. The van der Waals surface area contributed by atoms with Gasteiger partial charge in [-0.25, -0.2) is 0 Å². The molecule has 2 unspecified atom stereocenters. The van der Waals surface area contributed by atoms with Crippen molar-refractivity contribution in [3.63, 3.8) is 0 Å². The van der Waals surface area contributed by atoms with E-state index >= 15 is 0 Å². The second-order valence-electron chi connectivity index (χ2n) is 4.13. The largest absolute Gasteiger partial charge is 0.336 e. The number of fused-ring (bicyclic) bond motifs is 1. The summed E-state index contributed by atoms with van der Waals surface area (Å²) in [5.74, 6) is 1.33. The molecule has 2 fully saturated rings. The van der Waals surface area contributed by atoms with Crippen molar-refractivity contribution < 1.29 is 4.79 Å². The first-order valence-electron chi connectivity index (χ1n) is 5.11. The standard InChI is InChI=1S/C9H12N4OS/c14-9(8-12-11-5-15-8)13-3-6-1-10-2-7(6)4-13/h5-7,10H,1-4H2. The van der Waals surface area contributed by atoms with Gasteiger partial charge in [0, 0.05) is 26.2 Å². The highest BCUT2D eigenvalue weighted by molar-refractivity contribution is 7.11. The topological polar surface area (TPSA) is 58.1 Å². The Hall–Kier alpha value is -1.01. The molecule has 2 atom stereocenters. The lowest BCUT2D eigenvalue weighted by Crippen LogP contribution is -2.31. The van der Waals surface area contributed by atoms with Crippen LogP contribution in [0.3, 0.4) is 0 Å². The number of carbonyl (C=O) groups is 1. The molecule has 0 spiro atoms. The van der Waals surface area contributed by atoms with E-state index in [0.29, 0.717) is 16.8 Å². The third kappa shape index (κ3) is 1.53. The molecule has 5 nitrogen and oxygen atoms in total. The van der Waals surface area contributed by atoms with Crippen molar-refractivity contribution in [2.75, 3.05) is 26.2 Å². The number of carbonyl (C=O) groups excluding carboxylic acids is 1. The summed E-state index contributed by atoms with van der Waals surface area (Å²) < 4.78 is 0. The van der Waals surface area contributed by atoms with Crippen molar-refractivity contribution in [2.45, 2.75) is 0 Å². The van der Waals surface area contributed by atoms with E-state index in [1.807, 2.05) is 4.90 Å². The van der Waals surface area contributed by atoms with Gasteiger partial charge in [0.1, 0.15) is 5.51 Å². The number of nitrogens with one attached hydrogen (secondary N) is 1. The van der Waals surface area contributed by atoms with Gasteiger partial charge in [0.25, 0.3) is 5.91 Å². The lowest BCUT2D eigenvalue weighted by Gasteiger charge is -2.15. The molecule has 15 heavy (non-hydrogen) atoms. The van der Waals surface area contributed by atoms with Crippen molar-refractivity contribution in [2.24, 2.45) is 11.8 Å². The Labute approximate surface area is 91.5 Å². The lowest BCUT2D eigenvalue weighted by atomic mass is 10.0. The normalized spacial score (nSPS) is 29.5. The molecule has 1 N–H and O–H groups in total. The van der Waals surface area contributed by atoms with Crippen LogP contribution >= 0.6 is 11.3 Å². The molecular formula is C9H12N4OS. The molecule has 0 radical (unpaired) electrons. The van der Waals surface area contributed by atoms with Crippen LogP contribution in [0.5, 0.6) is 0 Å². The van der Waals surface area contributed by atoms with E-state index in [-0.39, 0.29) is 5.91 Å². The molecule has 0 aliphatic carbocycles. The maximum absolute atomic E-state index is 12.0. The van der Waals surface area contributed by atoms with Gasteiger partial charge in [-0.3, -0.25) is 4.79 Å². The Bertz CT molecular complexity index is 354. The molecule has 0 saturated carbocycles. The van der Waals surface area contributed by atoms with Crippen molar-refractivity contribution in [1.82, 2.24) is 20.4 Å². The highest BCUT2D eigenvalue weighted by Crippen LogP contribution is 2.27. The number of rotatable bonds is 1. The van der Waals surface area contributed by atoms with Crippen molar-refractivity contribution in [1.29, 1.82) is 0 Å². The molecule has 1 aromatic rings. The Kier molecular flexibility index (Phi) is 2.17.